The van der Waals surface area contributed by atoms with Gasteiger partial charge in [-0.2, -0.15) is 0 Å². The van der Waals surface area contributed by atoms with E-state index in [-0.39, 0.29) is 6.09 Å². The van der Waals surface area contributed by atoms with Gasteiger partial charge in [0.25, 0.3) is 0 Å². The largest absolute Gasteiger partial charge is 0.444 e. The standard InChI is InChI=1S/C15H20N2O3/c1-15(2,3)20-14(19)17-8-12(9-17)10-4-6-11(7-5-10)13(16)18/h4-7,12H,8-9H2,1-3H3,(H2,16,18). The Labute approximate surface area is 118 Å². The van der Waals surface area contributed by atoms with Crippen molar-refractivity contribution in [2.24, 2.45) is 5.73 Å². The van der Waals surface area contributed by atoms with Crippen molar-refractivity contribution in [2.45, 2.75) is 32.3 Å². The number of ether oxygens (including phenoxy) is 1. The molecule has 5 heteroatoms. The molecule has 0 atom stereocenters. The molecule has 0 saturated carbocycles. The number of benzene rings is 1. The predicted octanol–water partition coefficient (Wildman–Crippen LogP) is 2.12. The smallest absolute Gasteiger partial charge is 0.410 e. The van der Waals surface area contributed by atoms with Gasteiger partial charge in [0.2, 0.25) is 5.91 Å². The van der Waals surface area contributed by atoms with Gasteiger partial charge in [-0.15, -0.1) is 0 Å². The van der Waals surface area contributed by atoms with E-state index in [0.717, 1.165) is 5.56 Å². The average molecular weight is 276 g/mol. The summed E-state index contributed by atoms with van der Waals surface area (Å²) in [6.45, 7) is 6.84. The minimum Gasteiger partial charge on any atom is -0.444 e. The molecule has 2 N–H and O–H groups in total. The minimum absolute atomic E-state index is 0.275. The number of nitrogens with zero attached hydrogens (tertiary/aromatic N) is 1. The topological polar surface area (TPSA) is 72.6 Å². The zero-order valence-corrected chi connectivity index (χ0v) is 12.1. The van der Waals surface area contributed by atoms with Gasteiger partial charge in [-0.05, 0) is 38.5 Å². The number of primary amides is 1. The van der Waals surface area contributed by atoms with Gasteiger partial charge >= 0.3 is 6.09 Å². The Morgan fingerprint density at radius 2 is 1.75 bits per heavy atom. The molecule has 1 fully saturated rings. The Morgan fingerprint density at radius 1 is 1.20 bits per heavy atom. The summed E-state index contributed by atoms with van der Waals surface area (Å²) >= 11 is 0. The third kappa shape index (κ3) is 3.29. The molecule has 2 amide bonds. The van der Waals surface area contributed by atoms with Gasteiger partial charge in [-0.25, -0.2) is 4.79 Å². The zero-order valence-electron chi connectivity index (χ0n) is 12.1. The first-order chi connectivity index (χ1) is 9.26. The second-order valence-corrected chi connectivity index (χ2v) is 6.07. The highest BCUT2D eigenvalue weighted by Crippen LogP contribution is 2.28. The molecule has 0 aromatic heterocycles. The second-order valence-electron chi connectivity index (χ2n) is 6.07. The SMILES string of the molecule is CC(C)(C)OC(=O)N1CC(c2ccc(C(N)=O)cc2)C1. The normalized spacial score (nSPS) is 15.7. The van der Waals surface area contributed by atoms with E-state index in [9.17, 15) is 9.59 Å². The molecule has 1 heterocycles. The van der Waals surface area contributed by atoms with Crippen molar-refractivity contribution in [3.05, 3.63) is 35.4 Å². The Balaban J connectivity index is 1.90. The number of amides is 2. The number of carbonyl (C=O) groups excluding carboxylic acids is 2. The van der Waals surface area contributed by atoms with Crippen LogP contribution in [0.3, 0.4) is 0 Å². The van der Waals surface area contributed by atoms with Crippen LogP contribution in [0.2, 0.25) is 0 Å². The maximum absolute atomic E-state index is 11.8. The monoisotopic (exact) mass is 276 g/mol. The summed E-state index contributed by atoms with van der Waals surface area (Å²) in [5, 5.41) is 0. The third-order valence-corrected chi connectivity index (χ3v) is 3.20. The fourth-order valence-corrected chi connectivity index (χ4v) is 2.08. The molecule has 1 aliphatic heterocycles. The number of hydrogen-bond acceptors (Lipinski definition) is 3. The van der Waals surface area contributed by atoms with E-state index in [0.29, 0.717) is 24.6 Å². The van der Waals surface area contributed by atoms with E-state index >= 15 is 0 Å². The summed E-state index contributed by atoms with van der Waals surface area (Å²) in [6, 6.07) is 7.20. The average Bonchev–Trinajstić information content (AvgIpc) is 2.25. The quantitative estimate of drug-likeness (QED) is 0.899. The second kappa shape index (κ2) is 5.15. The summed E-state index contributed by atoms with van der Waals surface area (Å²) in [5.41, 5.74) is 6.34. The van der Waals surface area contributed by atoms with Crippen LogP contribution in [-0.4, -0.2) is 35.6 Å². The van der Waals surface area contributed by atoms with Crippen LogP contribution in [0.25, 0.3) is 0 Å². The lowest BCUT2D eigenvalue weighted by molar-refractivity contribution is 0.00819. The lowest BCUT2D eigenvalue weighted by atomic mass is 9.91. The molecule has 0 bridgehead atoms. The highest BCUT2D eigenvalue weighted by molar-refractivity contribution is 5.92. The van der Waals surface area contributed by atoms with Crippen LogP contribution in [0.5, 0.6) is 0 Å². The van der Waals surface area contributed by atoms with Crippen LogP contribution in [-0.2, 0) is 4.74 Å². The van der Waals surface area contributed by atoms with Gasteiger partial charge in [0.15, 0.2) is 0 Å². The Bertz CT molecular complexity index is 511. The molecule has 1 aromatic carbocycles. The minimum atomic E-state index is -0.467. The predicted molar refractivity (Wildman–Crippen MR) is 75.5 cm³/mol. The van der Waals surface area contributed by atoms with Gasteiger partial charge in [0, 0.05) is 24.6 Å². The molecule has 1 aliphatic rings. The molecule has 20 heavy (non-hydrogen) atoms. The first-order valence-electron chi connectivity index (χ1n) is 6.64. The van der Waals surface area contributed by atoms with Crippen molar-refractivity contribution < 1.29 is 14.3 Å². The van der Waals surface area contributed by atoms with Gasteiger partial charge in [0.1, 0.15) is 5.60 Å². The molecule has 5 nitrogen and oxygen atoms in total. The van der Waals surface area contributed by atoms with Crippen LogP contribution in [0, 0.1) is 0 Å². The van der Waals surface area contributed by atoms with Crippen LogP contribution < -0.4 is 5.73 Å². The van der Waals surface area contributed by atoms with E-state index in [1.165, 1.54) is 0 Å². The van der Waals surface area contributed by atoms with E-state index in [1.54, 1.807) is 17.0 Å². The molecule has 0 spiro atoms. The molecule has 0 aliphatic carbocycles. The molecule has 1 saturated heterocycles. The highest BCUT2D eigenvalue weighted by Gasteiger charge is 2.34. The highest BCUT2D eigenvalue weighted by atomic mass is 16.6. The summed E-state index contributed by atoms with van der Waals surface area (Å²) < 4.78 is 5.30. The van der Waals surface area contributed by atoms with Gasteiger partial charge < -0.3 is 15.4 Å². The van der Waals surface area contributed by atoms with Crippen molar-refractivity contribution in [2.75, 3.05) is 13.1 Å². The summed E-state index contributed by atoms with van der Waals surface area (Å²) in [7, 11) is 0. The lowest BCUT2D eigenvalue weighted by Gasteiger charge is -2.40. The van der Waals surface area contributed by atoms with E-state index < -0.39 is 11.5 Å². The van der Waals surface area contributed by atoms with E-state index in [2.05, 4.69) is 0 Å². The number of carbonyl (C=O) groups is 2. The summed E-state index contributed by atoms with van der Waals surface area (Å²) in [6.07, 6.45) is -0.275. The number of nitrogens with two attached hydrogens (primary N) is 1. The zero-order chi connectivity index (χ0) is 14.9. The van der Waals surface area contributed by atoms with E-state index in [4.69, 9.17) is 10.5 Å². The maximum atomic E-state index is 11.8. The fraction of sp³-hybridized carbons (Fsp3) is 0.467. The lowest BCUT2D eigenvalue weighted by Crippen LogP contribution is -2.50. The van der Waals surface area contributed by atoms with Gasteiger partial charge in [-0.3, -0.25) is 4.79 Å². The van der Waals surface area contributed by atoms with Crippen molar-refractivity contribution >= 4 is 12.0 Å². The molecular formula is C15H20N2O3. The van der Waals surface area contributed by atoms with Crippen molar-refractivity contribution in [3.63, 3.8) is 0 Å². The molecular weight excluding hydrogens is 256 g/mol. The number of hydrogen-bond donors (Lipinski definition) is 1. The number of rotatable bonds is 2. The number of likely N-dealkylation sites (tertiary alicyclic amines) is 1. The third-order valence-electron chi connectivity index (χ3n) is 3.20. The van der Waals surface area contributed by atoms with Gasteiger partial charge in [0.05, 0.1) is 0 Å². The van der Waals surface area contributed by atoms with Crippen LogP contribution in [0.1, 0.15) is 42.6 Å². The maximum Gasteiger partial charge on any atom is 0.410 e. The van der Waals surface area contributed by atoms with Crippen LogP contribution in [0.15, 0.2) is 24.3 Å². The molecule has 0 radical (unpaired) electrons. The van der Waals surface area contributed by atoms with E-state index in [1.807, 2.05) is 32.9 Å². The molecule has 2 rings (SSSR count). The van der Waals surface area contributed by atoms with Crippen molar-refractivity contribution in [3.8, 4) is 0 Å². The molecule has 0 unspecified atom stereocenters. The van der Waals surface area contributed by atoms with Crippen LogP contribution >= 0.6 is 0 Å². The Hall–Kier alpha value is -2.04. The first-order valence-corrected chi connectivity index (χ1v) is 6.64. The molecule has 108 valence electrons. The fourth-order valence-electron chi connectivity index (χ4n) is 2.08. The summed E-state index contributed by atoms with van der Waals surface area (Å²) in [5.74, 6) is -0.134. The van der Waals surface area contributed by atoms with Gasteiger partial charge in [-0.1, -0.05) is 12.1 Å². The van der Waals surface area contributed by atoms with Crippen molar-refractivity contribution in [1.82, 2.24) is 4.90 Å². The van der Waals surface area contributed by atoms with Crippen molar-refractivity contribution in [1.29, 1.82) is 0 Å². The summed E-state index contributed by atoms with van der Waals surface area (Å²) in [4.78, 5) is 24.5. The Kier molecular flexibility index (Phi) is 3.70. The Morgan fingerprint density at radius 3 is 2.20 bits per heavy atom. The molecule has 1 aromatic rings. The van der Waals surface area contributed by atoms with Crippen LogP contribution in [0.4, 0.5) is 4.79 Å². The first kappa shape index (κ1) is 14.4.